The fourth-order valence-corrected chi connectivity index (χ4v) is 3.04. The summed E-state index contributed by atoms with van der Waals surface area (Å²) in [7, 11) is 0. The Bertz CT molecular complexity index is 791. The molecule has 0 aliphatic rings. The zero-order valence-corrected chi connectivity index (χ0v) is 17.2. The lowest BCUT2D eigenvalue weighted by molar-refractivity contribution is -0.140. The number of benzene rings is 2. The fourth-order valence-electron chi connectivity index (χ4n) is 2.70. The monoisotopic (exact) mass is 406 g/mol. The van der Waals surface area contributed by atoms with Crippen LogP contribution in [0.4, 0.5) is 0 Å². The lowest BCUT2D eigenvalue weighted by Gasteiger charge is -2.29. The van der Waals surface area contributed by atoms with Crippen molar-refractivity contribution in [1.29, 1.82) is 0 Å². The zero-order valence-electron chi connectivity index (χ0n) is 15.7. The molecule has 2 amide bonds. The van der Waals surface area contributed by atoms with Crippen molar-refractivity contribution in [2.24, 2.45) is 0 Å². The van der Waals surface area contributed by atoms with Crippen LogP contribution in [0.5, 0.6) is 0 Å². The van der Waals surface area contributed by atoms with Gasteiger partial charge in [0.1, 0.15) is 6.04 Å². The minimum Gasteiger partial charge on any atom is -0.352 e. The van der Waals surface area contributed by atoms with E-state index >= 15 is 0 Å². The van der Waals surface area contributed by atoms with Gasteiger partial charge in [0.05, 0.1) is 6.42 Å². The maximum atomic E-state index is 13.0. The van der Waals surface area contributed by atoms with Crippen LogP contribution in [0.25, 0.3) is 0 Å². The molecule has 0 aromatic heterocycles. The molecular weight excluding hydrogens is 383 g/mol. The molecule has 0 radical (unpaired) electrons. The van der Waals surface area contributed by atoms with Gasteiger partial charge in [-0.1, -0.05) is 47.5 Å². The first-order chi connectivity index (χ1) is 12.8. The van der Waals surface area contributed by atoms with Crippen molar-refractivity contribution in [1.82, 2.24) is 10.2 Å². The summed E-state index contributed by atoms with van der Waals surface area (Å²) in [5.41, 5.74) is 1.72. The average molecular weight is 407 g/mol. The lowest BCUT2D eigenvalue weighted by Crippen LogP contribution is -2.49. The molecule has 0 unspecified atom stereocenters. The SMILES string of the molecule is CC(C)NC(=O)[C@H](C)N(Cc1ccc(Cl)cc1)C(=O)Cc1cccc(Cl)c1. The summed E-state index contributed by atoms with van der Waals surface area (Å²) in [6.45, 7) is 5.84. The van der Waals surface area contributed by atoms with Gasteiger partial charge < -0.3 is 10.2 Å². The minimum atomic E-state index is -0.602. The molecule has 1 N–H and O–H groups in total. The van der Waals surface area contributed by atoms with Gasteiger partial charge in [-0.2, -0.15) is 0 Å². The molecule has 27 heavy (non-hydrogen) atoms. The number of nitrogens with zero attached hydrogens (tertiary/aromatic N) is 1. The molecule has 0 heterocycles. The predicted molar refractivity (Wildman–Crippen MR) is 110 cm³/mol. The number of nitrogens with one attached hydrogen (secondary N) is 1. The third-order valence-electron chi connectivity index (χ3n) is 4.11. The van der Waals surface area contributed by atoms with Crippen LogP contribution in [0.2, 0.25) is 10.0 Å². The van der Waals surface area contributed by atoms with Gasteiger partial charge in [0, 0.05) is 22.6 Å². The maximum absolute atomic E-state index is 13.0. The summed E-state index contributed by atoms with van der Waals surface area (Å²) in [5, 5.41) is 4.08. The highest BCUT2D eigenvalue weighted by molar-refractivity contribution is 6.30. The van der Waals surface area contributed by atoms with Crippen LogP contribution < -0.4 is 5.32 Å². The van der Waals surface area contributed by atoms with Crippen LogP contribution in [0.15, 0.2) is 48.5 Å². The van der Waals surface area contributed by atoms with Crippen LogP contribution in [0.1, 0.15) is 31.9 Å². The molecule has 1 atom stereocenters. The summed E-state index contributed by atoms with van der Waals surface area (Å²) in [5.74, 6) is -0.322. The smallest absolute Gasteiger partial charge is 0.242 e. The van der Waals surface area contributed by atoms with Crippen LogP contribution in [-0.2, 0) is 22.6 Å². The van der Waals surface area contributed by atoms with E-state index in [0.717, 1.165) is 11.1 Å². The molecule has 2 aromatic carbocycles. The molecule has 0 saturated heterocycles. The Labute approximate surface area is 170 Å². The Kier molecular flexibility index (Phi) is 7.69. The number of halogens is 2. The van der Waals surface area contributed by atoms with Gasteiger partial charge in [-0.3, -0.25) is 9.59 Å². The molecule has 4 nitrogen and oxygen atoms in total. The van der Waals surface area contributed by atoms with E-state index in [0.29, 0.717) is 16.6 Å². The highest BCUT2D eigenvalue weighted by Gasteiger charge is 2.26. The van der Waals surface area contributed by atoms with E-state index in [2.05, 4.69) is 5.32 Å². The first kappa shape index (κ1) is 21.3. The Morgan fingerprint density at radius 2 is 1.63 bits per heavy atom. The van der Waals surface area contributed by atoms with Gasteiger partial charge in [0.2, 0.25) is 11.8 Å². The molecular formula is C21H24Cl2N2O2. The number of carbonyl (C=O) groups excluding carboxylic acids is 2. The Balaban J connectivity index is 2.22. The van der Waals surface area contributed by atoms with Gasteiger partial charge in [0.15, 0.2) is 0 Å². The average Bonchev–Trinajstić information content (AvgIpc) is 2.60. The van der Waals surface area contributed by atoms with Gasteiger partial charge in [-0.05, 0) is 56.2 Å². The Morgan fingerprint density at radius 3 is 2.22 bits per heavy atom. The van der Waals surface area contributed by atoms with Crippen molar-refractivity contribution in [3.8, 4) is 0 Å². The summed E-state index contributed by atoms with van der Waals surface area (Å²) >= 11 is 12.0. The molecule has 6 heteroatoms. The van der Waals surface area contributed by atoms with E-state index in [9.17, 15) is 9.59 Å². The molecule has 2 rings (SSSR count). The van der Waals surface area contributed by atoms with Gasteiger partial charge in [0.25, 0.3) is 0 Å². The van der Waals surface area contributed by atoms with Gasteiger partial charge in [-0.25, -0.2) is 0 Å². The first-order valence-electron chi connectivity index (χ1n) is 8.85. The Morgan fingerprint density at radius 1 is 0.963 bits per heavy atom. The first-order valence-corrected chi connectivity index (χ1v) is 9.60. The lowest BCUT2D eigenvalue weighted by atomic mass is 10.1. The van der Waals surface area contributed by atoms with Crippen molar-refractivity contribution in [2.45, 2.75) is 45.8 Å². The van der Waals surface area contributed by atoms with Crippen molar-refractivity contribution in [3.63, 3.8) is 0 Å². The summed E-state index contributed by atoms with van der Waals surface area (Å²) < 4.78 is 0. The summed E-state index contributed by atoms with van der Waals surface area (Å²) in [6.07, 6.45) is 0.174. The van der Waals surface area contributed by atoms with E-state index in [1.807, 2.05) is 38.1 Å². The number of rotatable bonds is 7. The number of carbonyl (C=O) groups is 2. The number of hydrogen-bond acceptors (Lipinski definition) is 2. The van der Waals surface area contributed by atoms with Crippen LogP contribution >= 0.6 is 23.2 Å². The largest absolute Gasteiger partial charge is 0.352 e. The highest BCUT2D eigenvalue weighted by Crippen LogP contribution is 2.17. The Hall–Kier alpha value is -2.04. The van der Waals surface area contributed by atoms with E-state index in [-0.39, 0.29) is 24.3 Å². The van der Waals surface area contributed by atoms with Crippen molar-refractivity contribution in [2.75, 3.05) is 0 Å². The number of hydrogen-bond donors (Lipinski definition) is 1. The molecule has 2 aromatic rings. The second kappa shape index (κ2) is 9.77. The zero-order chi connectivity index (χ0) is 20.0. The van der Waals surface area contributed by atoms with Crippen molar-refractivity contribution < 1.29 is 9.59 Å². The summed E-state index contributed by atoms with van der Waals surface area (Å²) in [6, 6.07) is 13.8. The molecule has 144 valence electrons. The second-order valence-electron chi connectivity index (χ2n) is 6.79. The third-order valence-corrected chi connectivity index (χ3v) is 4.60. The fraction of sp³-hybridized carbons (Fsp3) is 0.333. The standard InChI is InChI=1S/C21H24Cl2N2O2/c1-14(2)24-21(27)15(3)25(13-16-7-9-18(22)10-8-16)20(26)12-17-5-4-6-19(23)11-17/h4-11,14-15H,12-13H2,1-3H3,(H,24,27)/t15-/m0/s1. The molecule has 0 bridgehead atoms. The van der Waals surface area contributed by atoms with Crippen molar-refractivity contribution in [3.05, 3.63) is 69.7 Å². The van der Waals surface area contributed by atoms with Crippen molar-refractivity contribution >= 4 is 35.0 Å². The maximum Gasteiger partial charge on any atom is 0.242 e. The van der Waals surface area contributed by atoms with Crippen LogP contribution in [0.3, 0.4) is 0 Å². The van der Waals surface area contributed by atoms with E-state index in [1.165, 1.54) is 0 Å². The topological polar surface area (TPSA) is 49.4 Å². The number of amides is 2. The second-order valence-corrected chi connectivity index (χ2v) is 7.67. The van der Waals surface area contributed by atoms with Gasteiger partial charge in [-0.15, -0.1) is 0 Å². The highest BCUT2D eigenvalue weighted by atomic mass is 35.5. The quantitative estimate of drug-likeness (QED) is 0.736. The molecule has 0 saturated carbocycles. The third kappa shape index (κ3) is 6.56. The summed E-state index contributed by atoms with van der Waals surface area (Å²) in [4.78, 5) is 27.1. The van der Waals surface area contributed by atoms with E-state index < -0.39 is 6.04 Å². The molecule has 0 aliphatic heterocycles. The van der Waals surface area contributed by atoms with Gasteiger partial charge >= 0.3 is 0 Å². The van der Waals surface area contributed by atoms with Crippen LogP contribution in [-0.4, -0.2) is 28.8 Å². The van der Waals surface area contributed by atoms with E-state index in [4.69, 9.17) is 23.2 Å². The molecule has 0 aliphatic carbocycles. The molecule has 0 spiro atoms. The van der Waals surface area contributed by atoms with E-state index in [1.54, 1.807) is 36.1 Å². The molecule has 0 fully saturated rings. The minimum absolute atomic E-state index is 0.000337. The predicted octanol–water partition coefficient (Wildman–Crippen LogP) is 4.48. The normalized spacial score (nSPS) is 11.9. The van der Waals surface area contributed by atoms with Crippen LogP contribution in [0, 0.1) is 0 Å².